The quantitative estimate of drug-likeness (QED) is 0.512. The van der Waals surface area contributed by atoms with Gasteiger partial charge in [0.05, 0.1) is 0 Å². The van der Waals surface area contributed by atoms with E-state index >= 15 is 0 Å². The maximum absolute atomic E-state index is 5.02. The molecule has 0 aliphatic carbocycles. The van der Waals surface area contributed by atoms with E-state index in [9.17, 15) is 0 Å². The maximum atomic E-state index is 5.02. The molecule has 0 aliphatic rings. The topological polar surface area (TPSA) is 26.0 Å². The van der Waals surface area contributed by atoms with E-state index in [1.54, 1.807) is 12.2 Å². The predicted molar refractivity (Wildman–Crippen MR) is 32.7 cm³/mol. The van der Waals surface area contributed by atoms with Crippen molar-refractivity contribution in [3.63, 3.8) is 0 Å². The first-order chi connectivity index (χ1) is 3.31. The highest BCUT2D eigenvalue weighted by atomic mass is 14.5. The highest BCUT2D eigenvalue weighted by Gasteiger charge is 1.69. The first-order valence-electron chi connectivity index (χ1n) is 2.01. The average Bonchev–Trinajstić information content (AvgIpc) is 1.68. The van der Waals surface area contributed by atoms with Gasteiger partial charge in [-0.1, -0.05) is 19.2 Å². The van der Waals surface area contributed by atoms with Crippen molar-refractivity contribution in [3.8, 4) is 0 Å². The molecular weight excluding hydrogens is 86.1 g/mol. The van der Waals surface area contributed by atoms with Gasteiger partial charge in [0, 0.05) is 0 Å². The molecule has 0 unspecified atom stereocenters. The molecule has 0 fully saturated rings. The molecule has 0 amide bonds. The average molecular weight is 95.1 g/mol. The Labute approximate surface area is 43.8 Å². The Hall–Kier alpha value is -0.980. The monoisotopic (exact) mass is 95.1 g/mol. The van der Waals surface area contributed by atoms with Crippen molar-refractivity contribution >= 4 is 0 Å². The zero-order valence-corrected chi connectivity index (χ0v) is 4.22. The van der Waals surface area contributed by atoms with Gasteiger partial charge < -0.3 is 5.73 Å². The van der Waals surface area contributed by atoms with Gasteiger partial charge in [0.15, 0.2) is 0 Å². The van der Waals surface area contributed by atoms with Crippen molar-refractivity contribution in [1.82, 2.24) is 0 Å². The molecule has 0 radical (unpaired) electrons. The molecule has 0 spiro atoms. The van der Waals surface area contributed by atoms with Crippen molar-refractivity contribution in [2.75, 3.05) is 0 Å². The van der Waals surface area contributed by atoms with Gasteiger partial charge in [-0.2, -0.15) is 0 Å². The van der Waals surface area contributed by atoms with Crippen LogP contribution in [-0.4, -0.2) is 0 Å². The van der Waals surface area contributed by atoms with Crippen molar-refractivity contribution in [3.05, 3.63) is 37.1 Å². The van der Waals surface area contributed by atoms with E-state index in [1.807, 2.05) is 0 Å². The van der Waals surface area contributed by atoms with E-state index in [2.05, 4.69) is 13.2 Å². The third kappa shape index (κ3) is 2.83. The highest BCUT2D eigenvalue weighted by molar-refractivity contribution is 5.24. The molecule has 0 bridgehead atoms. The molecule has 0 heterocycles. The lowest BCUT2D eigenvalue weighted by atomic mass is 10.3. The van der Waals surface area contributed by atoms with Crippen LogP contribution in [0.2, 0.25) is 0 Å². The normalized spacial score (nSPS) is 9.14. The predicted octanol–water partition coefficient (Wildman–Crippen LogP) is 1.20. The first-order valence-corrected chi connectivity index (χ1v) is 2.01. The molecule has 0 saturated heterocycles. The van der Waals surface area contributed by atoms with E-state index in [4.69, 9.17) is 5.73 Å². The molecule has 0 aromatic rings. The molecule has 7 heavy (non-hydrogen) atoms. The zero-order valence-electron chi connectivity index (χ0n) is 4.22. The number of allylic oxidation sites excluding steroid dienone is 3. The summed E-state index contributed by atoms with van der Waals surface area (Å²) >= 11 is 0. The number of hydrogen-bond donors (Lipinski definition) is 1. The van der Waals surface area contributed by atoms with Gasteiger partial charge in [-0.25, -0.2) is 0 Å². The minimum absolute atomic E-state index is 0.836. The van der Waals surface area contributed by atoms with Crippen molar-refractivity contribution < 1.29 is 0 Å². The van der Waals surface area contributed by atoms with E-state index in [-0.39, 0.29) is 0 Å². The Kier molecular flexibility index (Phi) is 2.77. The van der Waals surface area contributed by atoms with Gasteiger partial charge in [0.1, 0.15) is 0 Å². The largest absolute Gasteiger partial charge is 0.405 e. The second kappa shape index (κ2) is 3.22. The molecule has 1 heteroatoms. The van der Waals surface area contributed by atoms with E-state index in [0.717, 1.165) is 5.57 Å². The highest BCUT2D eigenvalue weighted by Crippen LogP contribution is 1.88. The first kappa shape index (κ1) is 6.02. The SMILES string of the molecule is C=CC(=C)/C=C/N. The third-order valence-electron chi connectivity index (χ3n) is 0.572. The fourth-order valence-electron chi connectivity index (χ4n) is 0.192. The van der Waals surface area contributed by atoms with Crippen molar-refractivity contribution in [1.29, 1.82) is 0 Å². The Bertz CT molecular complexity index is 101. The minimum Gasteiger partial charge on any atom is -0.405 e. The molecule has 2 N–H and O–H groups in total. The van der Waals surface area contributed by atoms with Gasteiger partial charge >= 0.3 is 0 Å². The summed E-state index contributed by atoms with van der Waals surface area (Å²) in [5.41, 5.74) is 5.85. The van der Waals surface area contributed by atoms with Crippen LogP contribution in [0.4, 0.5) is 0 Å². The van der Waals surface area contributed by atoms with Crippen LogP contribution in [0, 0.1) is 0 Å². The second-order valence-electron chi connectivity index (χ2n) is 1.14. The number of nitrogens with two attached hydrogens (primary N) is 1. The van der Waals surface area contributed by atoms with Gasteiger partial charge in [-0.05, 0) is 17.8 Å². The van der Waals surface area contributed by atoms with Gasteiger partial charge in [0.2, 0.25) is 0 Å². The summed E-state index contributed by atoms with van der Waals surface area (Å²) in [6.45, 7) is 7.05. The van der Waals surface area contributed by atoms with Crippen LogP contribution in [0.5, 0.6) is 0 Å². The summed E-state index contributed by atoms with van der Waals surface area (Å²) in [5, 5.41) is 0. The zero-order chi connectivity index (χ0) is 5.70. The van der Waals surface area contributed by atoms with Gasteiger partial charge in [-0.3, -0.25) is 0 Å². The van der Waals surface area contributed by atoms with E-state index in [0.29, 0.717) is 0 Å². The summed E-state index contributed by atoms with van der Waals surface area (Å²) in [5.74, 6) is 0. The summed E-state index contributed by atoms with van der Waals surface area (Å²) in [6.07, 6.45) is 4.76. The lowest BCUT2D eigenvalue weighted by Crippen LogP contribution is -1.75. The van der Waals surface area contributed by atoms with Crippen molar-refractivity contribution in [2.45, 2.75) is 0 Å². The molecule has 0 aromatic heterocycles. The van der Waals surface area contributed by atoms with Crippen LogP contribution in [0.25, 0.3) is 0 Å². The lowest BCUT2D eigenvalue weighted by Gasteiger charge is -1.79. The molecule has 0 aromatic carbocycles. The fraction of sp³-hybridized carbons (Fsp3) is 0. The fourth-order valence-corrected chi connectivity index (χ4v) is 0.192. The maximum Gasteiger partial charge on any atom is -0.00566 e. The standard InChI is InChI=1S/C6H9N/c1-3-6(2)4-5-7/h3-5H,1-2,7H2/b5-4+. The number of rotatable bonds is 2. The summed E-state index contributed by atoms with van der Waals surface area (Å²) in [4.78, 5) is 0. The molecule has 0 atom stereocenters. The van der Waals surface area contributed by atoms with Crippen LogP contribution in [0.3, 0.4) is 0 Å². The summed E-state index contributed by atoms with van der Waals surface area (Å²) in [7, 11) is 0. The number of hydrogen-bond acceptors (Lipinski definition) is 1. The molecule has 0 rings (SSSR count). The molecule has 1 nitrogen and oxygen atoms in total. The van der Waals surface area contributed by atoms with Crippen LogP contribution in [0.15, 0.2) is 37.1 Å². The summed E-state index contributed by atoms with van der Waals surface area (Å²) < 4.78 is 0. The van der Waals surface area contributed by atoms with Crippen LogP contribution < -0.4 is 5.73 Å². The lowest BCUT2D eigenvalue weighted by molar-refractivity contribution is 1.57. The second-order valence-corrected chi connectivity index (χ2v) is 1.14. The minimum atomic E-state index is 0.836. The Balaban J connectivity index is 3.58. The Morgan fingerprint density at radius 2 is 2.14 bits per heavy atom. The molecular formula is C6H9N. The van der Waals surface area contributed by atoms with E-state index in [1.165, 1.54) is 6.20 Å². The van der Waals surface area contributed by atoms with E-state index < -0.39 is 0 Å². The Morgan fingerprint density at radius 3 is 2.29 bits per heavy atom. The van der Waals surface area contributed by atoms with Crippen LogP contribution >= 0.6 is 0 Å². The van der Waals surface area contributed by atoms with Gasteiger partial charge in [-0.15, -0.1) is 0 Å². The molecule has 0 aliphatic heterocycles. The Morgan fingerprint density at radius 1 is 1.57 bits per heavy atom. The van der Waals surface area contributed by atoms with Gasteiger partial charge in [0.25, 0.3) is 0 Å². The van der Waals surface area contributed by atoms with Crippen LogP contribution in [-0.2, 0) is 0 Å². The van der Waals surface area contributed by atoms with Crippen molar-refractivity contribution in [2.24, 2.45) is 5.73 Å². The smallest absolute Gasteiger partial charge is 0.00566 e. The molecule has 38 valence electrons. The molecule has 0 saturated carbocycles. The third-order valence-corrected chi connectivity index (χ3v) is 0.572. The summed E-state index contributed by atoms with van der Waals surface area (Å²) in [6, 6.07) is 0. The van der Waals surface area contributed by atoms with Crippen LogP contribution in [0.1, 0.15) is 0 Å².